The Morgan fingerprint density at radius 2 is 2.29 bits per heavy atom. The van der Waals surface area contributed by atoms with Gasteiger partial charge in [0.2, 0.25) is 0 Å². The van der Waals surface area contributed by atoms with E-state index in [-0.39, 0.29) is 0 Å². The van der Waals surface area contributed by atoms with E-state index in [1.807, 2.05) is 22.9 Å². The lowest BCUT2D eigenvalue weighted by Gasteiger charge is -2.18. The lowest BCUT2D eigenvalue weighted by Crippen LogP contribution is -2.33. The highest BCUT2D eigenvalue weighted by Crippen LogP contribution is 2.07. The number of nitrogens with one attached hydrogen (secondary N) is 2. The van der Waals surface area contributed by atoms with Crippen LogP contribution in [0.3, 0.4) is 0 Å². The third kappa shape index (κ3) is 4.34. The number of ether oxygens (including phenoxy) is 1. The van der Waals surface area contributed by atoms with Gasteiger partial charge in [0.05, 0.1) is 29.4 Å². The highest BCUT2D eigenvalue weighted by Gasteiger charge is 2.24. The Morgan fingerprint density at radius 1 is 1.65 bits per heavy atom. The molecule has 0 saturated carbocycles. The van der Waals surface area contributed by atoms with Gasteiger partial charge < -0.3 is 10.6 Å². The summed E-state index contributed by atoms with van der Waals surface area (Å²) in [5, 5.41) is 7.43. The summed E-state index contributed by atoms with van der Waals surface area (Å²) in [6.45, 7) is 5.78. The predicted molar refractivity (Wildman–Crippen MR) is 72.3 cm³/mol. The third-order valence-electron chi connectivity index (χ3n) is 1.64. The molecule has 4 N–H and O–H groups in total. The predicted octanol–water partition coefficient (Wildman–Crippen LogP) is 0.310. The number of amidine groups is 1. The van der Waals surface area contributed by atoms with Gasteiger partial charge in [-0.3, -0.25) is 0 Å². The van der Waals surface area contributed by atoms with Crippen LogP contribution in [-0.4, -0.2) is 33.0 Å². The fourth-order valence-corrected chi connectivity index (χ4v) is 1.58. The highest BCUT2D eigenvalue weighted by atomic mass is 127. The number of amides is 1. The first-order valence-electron chi connectivity index (χ1n) is 4.86. The van der Waals surface area contributed by atoms with Crippen molar-refractivity contribution >= 4 is 40.5 Å². The summed E-state index contributed by atoms with van der Waals surface area (Å²) in [5.74, 6) is 5.63. The largest absolute Gasteiger partial charge is 0.443 e. The summed E-state index contributed by atoms with van der Waals surface area (Å²) in [6, 6.07) is 0. The van der Waals surface area contributed by atoms with Crippen LogP contribution < -0.4 is 16.7 Å². The SMILES string of the molecule is CC(C)(C)OC(=O)NN=C1C(=NN)CNN1I. The summed E-state index contributed by atoms with van der Waals surface area (Å²) >= 11 is 1.97. The van der Waals surface area contributed by atoms with Crippen LogP contribution in [-0.2, 0) is 4.74 Å². The summed E-state index contributed by atoms with van der Waals surface area (Å²) in [7, 11) is 0. The molecule has 1 aliphatic rings. The van der Waals surface area contributed by atoms with Crippen molar-refractivity contribution in [2.75, 3.05) is 6.54 Å². The van der Waals surface area contributed by atoms with Gasteiger partial charge in [0.1, 0.15) is 11.3 Å². The molecule has 0 atom stereocenters. The molecule has 1 aliphatic heterocycles. The van der Waals surface area contributed by atoms with Gasteiger partial charge in [-0.2, -0.15) is 5.10 Å². The summed E-state index contributed by atoms with van der Waals surface area (Å²) < 4.78 is 6.62. The number of hydrogen-bond donors (Lipinski definition) is 3. The maximum atomic E-state index is 11.4. The van der Waals surface area contributed by atoms with Crippen molar-refractivity contribution in [1.29, 1.82) is 0 Å². The minimum atomic E-state index is -0.627. The zero-order valence-corrected chi connectivity index (χ0v) is 12.0. The molecule has 1 amide bonds. The first-order chi connectivity index (χ1) is 7.83. The van der Waals surface area contributed by atoms with E-state index >= 15 is 0 Å². The number of hydrazine groups is 1. The molecule has 0 aromatic rings. The van der Waals surface area contributed by atoms with Crippen LogP contribution in [0.4, 0.5) is 4.79 Å². The van der Waals surface area contributed by atoms with E-state index in [1.165, 1.54) is 0 Å². The molecule has 0 unspecified atom stereocenters. The zero-order chi connectivity index (χ0) is 13.1. The van der Waals surface area contributed by atoms with E-state index in [4.69, 9.17) is 10.6 Å². The molecule has 0 aliphatic carbocycles. The Kier molecular flexibility index (Phi) is 4.51. The molecule has 0 radical (unpaired) electrons. The molecule has 1 heterocycles. The van der Waals surface area contributed by atoms with Gasteiger partial charge in [-0.15, -0.1) is 5.10 Å². The number of hydrazone groups is 2. The standard InChI is InChI=1S/C8H15IN6O2/c1-8(2,3)17-7(16)14-13-6-5(12-10)4-11-15(6)9/h11H,4,10H2,1-3H3,(H,14,16). The van der Waals surface area contributed by atoms with Gasteiger partial charge in [-0.25, -0.2) is 18.9 Å². The Hall–Kier alpha value is -1.10. The van der Waals surface area contributed by atoms with E-state index in [0.29, 0.717) is 18.1 Å². The Morgan fingerprint density at radius 3 is 2.82 bits per heavy atom. The lowest BCUT2D eigenvalue weighted by molar-refractivity contribution is 0.0529. The molecule has 0 bridgehead atoms. The van der Waals surface area contributed by atoms with Crippen LogP contribution in [0.5, 0.6) is 0 Å². The van der Waals surface area contributed by atoms with Gasteiger partial charge in [0.15, 0.2) is 5.84 Å². The molecule has 17 heavy (non-hydrogen) atoms. The van der Waals surface area contributed by atoms with Gasteiger partial charge in [-0.1, -0.05) is 0 Å². The van der Waals surface area contributed by atoms with Crippen LogP contribution >= 0.6 is 22.9 Å². The van der Waals surface area contributed by atoms with Gasteiger partial charge in [0, 0.05) is 0 Å². The molecule has 0 aromatic carbocycles. The molecule has 9 heteroatoms. The topological polar surface area (TPSA) is 104 Å². The first kappa shape index (κ1) is 14.0. The monoisotopic (exact) mass is 354 g/mol. The molecule has 1 fully saturated rings. The molecule has 0 aromatic heterocycles. The van der Waals surface area contributed by atoms with Crippen LogP contribution in [0.25, 0.3) is 0 Å². The van der Waals surface area contributed by atoms with Crippen LogP contribution in [0.15, 0.2) is 10.2 Å². The molecule has 96 valence electrons. The molecule has 0 spiro atoms. The summed E-state index contributed by atoms with van der Waals surface area (Å²) in [4.78, 5) is 11.4. The molecule has 8 nitrogen and oxygen atoms in total. The van der Waals surface area contributed by atoms with Crippen LogP contribution in [0.2, 0.25) is 0 Å². The minimum Gasteiger partial charge on any atom is -0.443 e. The van der Waals surface area contributed by atoms with Gasteiger partial charge >= 0.3 is 6.09 Å². The van der Waals surface area contributed by atoms with E-state index < -0.39 is 11.7 Å². The number of carbonyl (C=O) groups is 1. The van der Waals surface area contributed by atoms with Crippen molar-refractivity contribution in [3.8, 4) is 0 Å². The molecular formula is C8H15IN6O2. The molecule has 1 saturated heterocycles. The number of hydrogen-bond acceptors (Lipinski definition) is 6. The van der Waals surface area contributed by atoms with E-state index in [0.717, 1.165) is 0 Å². The zero-order valence-electron chi connectivity index (χ0n) is 9.82. The van der Waals surface area contributed by atoms with Crippen LogP contribution in [0, 0.1) is 0 Å². The van der Waals surface area contributed by atoms with Crippen molar-refractivity contribution in [2.24, 2.45) is 16.0 Å². The van der Waals surface area contributed by atoms with Crippen molar-refractivity contribution in [2.45, 2.75) is 26.4 Å². The Balaban J connectivity index is 2.61. The number of rotatable bonds is 1. The second-order valence-electron chi connectivity index (χ2n) is 4.24. The number of nitrogens with zero attached hydrogens (tertiary/aromatic N) is 3. The normalized spacial score (nSPS) is 21.1. The fraction of sp³-hybridized carbons (Fsp3) is 0.625. The van der Waals surface area contributed by atoms with E-state index in [2.05, 4.69) is 21.1 Å². The average molecular weight is 354 g/mol. The first-order valence-corrected chi connectivity index (χ1v) is 5.83. The second kappa shape index (κ2) is 5.49. The highest BCUT2D eigenvalue weighted by molar-refractivity contribution is 14.1. The number of nitrogens with two attached hydrogens (primary N) is 1. The average Bonchev–Trinajstić information content (AvgIpc) is 2.53. The van der Waals surface area contributed by atoms with Crippen molar-refractivity contribution in [3.05, 3.63) is 0 Å². The maximum Gasteiger partial charge on any atom is 0.428 e. The Labute approximate surface area is 113 Å². The quantitative estimate of drug-likeness (QED) is 0.272. The van der Waals surface area contributed by atoms with E-state index in [9.17, 15) is 4.79 Å². The van der Waals surface area contributed by atoms with Gasteiger partial charge in [0.25, 0.3) is 0 Å². The summed E-state index contributed by atoms with van der Waals surface area (Å²) in [6.07, 6.45) is -0.627. The maximum absolute atomic E-state index is 11.4. The second-order valence-corrected chi connectivity index (χ2v) is 5.21. The van der Waals surface area contributed by atoms with Crippen LogP contribution in [0.1, 0.15) is 20.8 Å². The smallest absolute Gasteiger partial charge is 0.428 e. The minimum absolute atomic E-state index is 0.443. The number of halogens is 1. The van der Waals surface area contributed by atoms with Crippen molar-refractivity contribution in [3.63, 3.8) is 0 Å². The molecule has 1 rings (SSSR count). The van der Waals surface area contributed by atoms with Crippen molar-refractivity contribution < 1.29 is 9.53 Å². The lowest BCUT2D eigenvalue weighted by atomic mass is 10.2. The van der Waals surface area contributed by atoms with Gasteiger partial charge in [-0.05, 0) is 20.8 Å². The van der Waals surface area contributed by atoms with E-state index in [1.54, 1.807) is 24.0 Å². The Bertz CT molecular complexity index is 362. The summed E-state index contributed by atoms with van der Waals surface area (Å²) in [5.41, 5.74) is 5.20. The number of carbonyl (C=O) groups excluding carboxylic acids is 1. The van der Waals surface area contributed by atoms with Crippen molar-refractivity contribution in [1.82, 2.24) is 14.1 Å². The molecular weight excluding hydrogens is 339 g/mol. The fourth-order valence-electron chi connectivity index (χ4n) is 1.02. The third-order valence-corrected chi connectivity index (χ3v) is 2.44.